The van der Waals surface area contributed by atoms with Gasteiger partial charge in [0.1, 0.15) is 18.1 Å². The summed E-state index contributed by atoms with van der Waals surface area (Å²) in [5, 5.41) is 22.8. The number of aliphatic hydroxyl groups excluding tert-OH is 1. The summed E-state index contributed by atoms with van der Waals surface area (Å²) in [7, 11) is 0. The highest BCUT2D eigenvalue weighted by atomic mass is 16.7. The van der Waals surface area contributed by atoms with Gasteiger partial charge in [-0.3, -0.25) is 4.79 Å². The van der Waals surface area contributed by atoms with E-state index in [1.165, 1.54) is 12.1 Å². The normalized spacial score (nSPS) is 13.4. The zero-order chi connectivity index (χ0) is 18.5. The maximum atomic E-state index is 11.2. The van der Waals surface area contributed by atoms with Crippen molar-refractivity contribution < 1.29 is 29.2 Å². The van der Waals surface area contributed by atoms with Crippen LogP contribution in [0.5, 0.6) is 23.0 Å². The minimum atomic E-state index is -0.724. The van der Waals surface area contributed by atoms with E-state index in [4.69, 9.17) is 19.9 Å². The van der Waals surface area contributed by atoms with E-state index >= 15 is 0 Å². The first-order chi connectivity index (χ1) is 12.5. The van der Waals surface area contributed by atoms with Crippen LogP contribution in [0.4, 0.5) is 0 Å². The molecular weight excluding hydrogens is 340 g/mol. The van der Waals surface area contributed by atoms with Gasteiger partial charge in [0.15, 0.2) is 11.5 Å². The third-order valence-electron chi connectivity index (χ3n) is 3.90. The summed E-state index contributed by atoms with van der Waals surface area (Å²) in [6, 6.07) is 9.60. The Morgan fingerprint density at radius 1 is 1.23 bits per heavy atom. The van der Waals surface area contributed by atoms with Crippen molar-refractivity contribution in [1.82, 2.24) is 5.32 Å². The van der Waals surface area contributed by atoms with Crippen LogP contribution in [0.1, 0.15) is 22.0 Å². The number of rotatable bonds is 8. The Kier molecular flexibility index (Phi) is 5.45. The summed E-state index contributed by atoms with van der Waals surface area (Å²) in [5.74, 6) is 0.816. The Morgan fingerprint density at radius 3 is 2.85 bits per heavy atom. The number of aromatic hydroxyl groups is 1. The molecule has 138 valence electrons. The average Bonchev–Trinajstić information content (AvgIpc) is 3.10. The summed E-state index contributed by atoms with van der Waals surface area (Å²) < 4.78 is 16.0. The molecule has 0 fully saturated rings. The molecule has 0 bridgehead atoms. The number of nitrogens with two attached hydrogens (primary N) is 1. The Bertz CT molecular complexity index is 795. The second-order valence-corrected chi connectivity index (χ2v) is 5.72. The highest BCUT2D eigenvalue weighted by molar-refractivity contribution is 5.95. The molecule has 2 aromatic rings. The van der Waals surface area contributed by atoms with Crippen LogP contribution >= 0.6 is 0 Å². The van der Waals surface area contributed by atoms with Gasteiger partial charge >= 0.3 is 0 Å². The maximum absolute atomic E-state index is 11.2. The number of carbonyl (C=O) groups is 1. The first kappa shape index (κ1) is 17.8. The van der Waals surface area contributed by atoms with Crippen molar-refractivity contribution in [3.05, 3.63) is 47.5 Å². The van der Waals surface area contributed by atoms with Gasteiger partial charge in [0.25, 0.3) is 5.91 Å². The van der Waals surface area contributed by atoms with Crippen molar-refractivity contribution in [1.29, 1.82) is 0 Å². The summed E-state index contributed by atoms with van der Waals surface area (Å²) in [5.41, 5.74) is 5.91. The number of phenols is 1. The fraction of sp³-hybridized carbons (Fsp3) is 0.278. The van der Waals surface area contributed by atoms with Gasteiger partial charge in [0.2, 0.25) is 6.79 Å². The average molecular weight is 360 g/mol. The topological polar surface area (TPSA) is 123 Å². The molecule has 0 aliphatic carbocycles. The van der Waals surface area contributed by atoms with E-state index in [1.54, 1.807) is 24.3 Å². The molecule has 26 heavy (non-hydrogen) atoms. The van der Waals surface area contributed by atoms with Crippen molar-refractivity contribution >= 4 is 5.91 Å². The van der Waals surface area contributed by atoms with E-state index in [-0.39, 0.29) is 18.1 Å². The molecular formula is C18H20N2O6. The van der Waals surface area contributed by atoms with E-state index in [0.717, 1.165) is 5.56 Å². The number of hydrogen-bond donors (Lipinski definition) is 4. The Morgan fingerprint density at radius 2 is 2.04 bits per heavy atom. The molecule has 0 aromatic heterocycles. The predicted molar refractivity (Wildman–Crippen MR) is 92.5 cm³/mol. The number of hydrogen-bond acceptors (Lipinski definition) is 7. The Balaban J connectivity index is 1.43. The van der Waals surface area contributed by atoms with Crippen molar-refractivity contribution in [3.63, 3.8) is 0 Å². The lowest BCUT2D eigenvalue weighted by Crippen LogP contribution is -2.26. The minimum Gasteiger partial charge on any atom is -0.507 e. The molecule has 1 unspecified atom stereocenters. The molecule has 1 amide bonds. The second-order valence-electron chi connectivity index (χ2n) is 5.72. The molecule has 1 atom stereocenters. The van der Waals surface area contributed by atoms with Crippen LogP contribution in [0.25, 0.3) is 0 Å². The molecule has 1 aliphatic heterocycles. The quantitative estimate of drug-likeness (QED) is 0.516. The van der Waals surface area contributed by atoms with Gasteiger partial charge in [-0.15, -0.1) is 0 Å². The van der Waals surface area contributed by atoms with Crippen LogP contribution in [0.2, 0.25) is 0 Å². The zero-order valence-electron chi connectivity index (χ0n) is 14.0. The van der Waals surface area contributed by atoms with Crippen LogP contribution in [0, 0.1) is 0 Å². The number of aliphatic hydroxyl groups is 1. The second kappa shape index (κ2) is 7.94. The number of benzene rings is 2. The van der Waals surface area contributed by atoms with E-state index in [0.29, 0.717) is 36.9 Å². The third-order valence-corrected chi connectivity index (χ3v) is 3.90. The van der Waals surface area contributed by atoms with Gasteiger partial charge in [0, 0.05) is 13.1 Å². The van der Waals surface area contributed by atoms with Crippen molar-refractivity contribution in [2.75, 3.05) is 26.5 Å². The van der Waals surface area contributed by atoms with E-state index < -0.39 is 12.0 Å². The van der Waals surface area contributed by atoms with Gasteiger partial charge in [0.05, 0.1) is 11.7 Å². The van der Waals surface area contributed by atoms with E-state index in [9.17, 15) is 15.0 Å². The summed E-state index contributed by atoms with van der Waals surface area (Å²) >= 11 is 0. The molecule has 2 aromatic carbocycles. The first-order valence-electron chi connectivity index (χ1n) is 8.08. The van der Waals surface area contributed by atoms with Gasteiger partial charge in [-0.2, -0.15) is 0 Å². The zero-order valence-corrected chi connectivity index (χ0v) is 14.0. The fourth-order valence-electron chi connectivity index (χ4n) is 2.52. The lowest BCUT2D eigenvalue weighted by molar-refractivity contribution is 0.0997. The van der Waals surface area contributed by atoms with Crippen LogP contribution in [-0.4, -0.2) is 42.6 Å². The lowest BCUT2D eigenvalue weighted by atomic mass is 10.1. The van der Waals surface area contributed by atoms with Gasteiger partial charge in [-0.25, -0.2) is 0 Å². The highest BCUT2D eigenvalue weighted by Gasteiger charge is 2.16. The first-order valence-corrected chi connectivity index (χ1v) is 8.08. The van der Waals surface area contributed by atoms with Crippen molar-refractivity contribution in [2.45, 2.75) is 6.10 Å². The number of carbonyl (C=O) groups excluding carboxylic acids is 1. The summed E-state index contributed by atoms with van der Waals surface area (Å²) in [6.45, 7) is 1.33. The number of ether oxygens (including phenoxy) is 3. The summed E-state index contributed by atoms with van der Waals surface area (Å²) in [6.07, 6.45) is -0.695. The molecule has 1 heterocycles. The summed E-state index contributed by atoms with van der Waals surface area (Å²) in [4.78, 5) is 11.2. The molecule has 0 saturated heterocycles. The lowest BCUT2D eigenvalue weighted by Gasteiger charge is -2.13. The smallest absolute Gasteiger partial charge is 0.252 e. The van der Waals surface area contributed by atoms with E-state index in [2.05, 4.69) is 5.32 Å². The van der Waals surface area contributed by atoms with E-state index in [1.807, 2.05) is 0 Å². The molecule has 8 nitrogen and oxygen atoms in total. The molecule has 5 N–H and O–H groups in total. The van der Waals surface area contributed by atoms with Gasteiger partial charge in [-0.05, 0) is 35.9 Å². The van der Waals surface area contributed by atoms with Crippen LogP contribution < -0.4 is 25.3 Å². The van der Waals surface area contributed by atoms with Crippen LogP contribution in [-0.2, 0) is 0 Å². The monoisotopic (exact) mass is 360 g/mol. The molecule has 0 saturated carbocycles. The number of fused-ring (bicyclic) bond motifs is 1. The molecule has 0 spiro atoms. The largest absolute Gasteiger partial charge is 0.507 e. The SMILES string of the molecule is NC(=O)c1cc(OCCNCC(O)c2ccc3c(c2)OCO3)ccc1O. The van der Waals surface area contributed by atoms with Crippen LogP contribution in [0.15, 0.2) is 36.4 Å². The van der Waals surface area contributed by atoms with Crippen molar-refractivity contribution in [2.24, 2.45) is 5.73 Å². The highest BCUT2D eigenvalue weighted by Crippen LogP contribution is 2.34. The Labute approximate surface area is 150 Å². The maximum Gasteiger partial charge on any atom is 0.252 e. The fourth-order valence-corrected chi connectivity index (χ4v) is 2.52. The minimum absolute atomic E-state index is 0.00805. The number of primary amides is 1. The predicted octanol–water partition coefficient (Wildman–Crippen LogP) is 0.922. The third kappa shape index (κ3) is 4.16. The molecule has 1 aliphatic rings. The number of nitrogens with one attached hydrogen (secondary N) is 1. The van der Waals surface area contributed by atoms with Gasteiger partial charge < -0.3 is 35.5 Å². The Hall–Kier alpha value is -2.97. The van der Waals surface area contributed by atoms with Crippen LogP contribution in [0.3, 0.4) is 0 Å². The molecule has 0 radical (unpaired) electrons. The number of amides is 1. The van der Waals surface area contributed by atoms with Crippen molar-refractivity contribution in [3.8, 4) is 23.0 Å². The molecule has 3 rings (SSSR count). The standard InChI is InChI=1S/C18H20N2O6/c19-18(23)13-8-12(2-3-14(13)21)24-6-5-20-9-15(22)11-1-4-16-17(7-11)26-10-25-16/h1-4,7-8,15,20-22H,5-6,9-10H2,(H2,19,23). The van der Waals surface area contributed by atoms with Gasteiger partial charge in [-0.1, -0.05) is 6.07 Å². The molecule has 8 heteroatoms.